The molecule has 2 aromatic heterocycles. The van der Waals surface area contributed by atoms with Crippen LogP contribution in [0.2, 0.25) is 0 Å². The molecule has 2 aliphatic rings. The van der Waals surface area contributed by atoms with E-state index in [1.165, 1.54) is 12.1 Å². The van der Waals surface area contributed by atoms with Crippen LogP contribution in [0.5, 0.6) is 0 Å². The SMILES string of the molecule is Cc1ccn(C2CCNCC2)c(=O)c1C(=O)N1CCCC1c1nc2ccc(F)cc2[nH]1.Cl.Cl. The van der Waals surface area contributed by atoms with Gasteiger partial charge in [0.1, 0.15) is 17.2 Å². The molecule has 178 valence electrons. The number of piperidine rings is 1. The van der Waals surface area contributed by atoms with E-state index in [2.05, 4.69) is 15.3 Å². The molecule has 4 heterocycles. The number of halogens is 3. The zero-order valence-electron chi connectivity index (χ0n) is 18.3. The summed E-state index contributed by atoms with van der Waals surface area (Å²) in [7, 11) is 0. The molecule has 33 heavy (non-hydrogen) atoms. The third kappa shape index (κ3) is 4.65. The van der Waals surface area contributed by atoms with Gasteiger partial charge in [0.2, 0.25) is 0 Å². The van der Waals surface area contributed by atoms with Crippen molar-refractivity contribution in [2.24, 2.45) is 0 Å². The van der Waals surface area contributed by atoms with Gasteiger partial charge in [-0.3, -0.25) is 9.59 Å². The summed E-state index contributed by atoms with van der Waals surface area (Å²) in [5, 5.41) is 3.31. The van der Waals surface area contributed by atoms with E-state index in [9.17, 15) is 14.0 Å². The average Bonchev–Trinajstić information content (AvgIpc) is 3.41. The highest BCUT2D eigenvalue weighted by atomic mass is 35.5. The summed E-state index contributed by atoms with van der Waals surface area (Å²) in [5.74, 6) is 0.0547. The van der Waals surface area contributed by atoms with Crippen molar-refractivity contribution in [3.8, 4) is 0 Å². The lowest BCUT2D eigenvalue weighted by molar-refractivity contribution is 0.0727. The number of fused-ring (bicyclic) bond motifs is 1. The van der Waals surface area contributed by atoms with Gasteiger partial charge < -0.3 is 19.8 Å². The fraction of sp³-hybridized carbons (Fsp3) is 0.435. The molecule has 0 spiro atoms. The number of rotatable bonds is 3. The minimum Gasteiger partial charge on any atom is -0.340 e. The van der Waals surface area contributed by atoms with Crippen molar-refractivity contribution in [1.82, 2.24) is 24.8 Å². The Labute approximate surface area is 203 Å². The summed E-state index contributed by atoms with van der Waals surface area (Å²) in [6.45, 7) is 4.12. The number of likely N-dealkylation sites (tertiary alicyclic amines) is 1. The number of hydrogen-bond donors (Lipinski definition) is 2. The summed E-state index contributed by atoms with van der Waals surface area (Å²) in [5.41, 5.74) is 2.00. The Hall–Kier alpha value is -2.42. The van der Waals surface area contributed by atoms with E-state index in [1.54, 1.807) is 15.5 Å². The Morgan fingerprint density at radius 1 is 1.15 bits per heavy atom. The molecule has 1 amide bonds. The summed E-state index contributed by atoms with van der Waals surface area (Å²) in [6.07, 6.45) is 5.15. The first-order chi connectivity index (χ1) is 15.0. The molecule has 7 nitrogen and oxygen atoms in total. The molecule has 10 heteroatoms. The number of benzene rings is 1. The maximum Gasteiger partial charge on any atom is 0.263 e. The largest absolute Gasteiger partial charge is 0.340 e. The number of pyridine rings is 1. The van der Waals surface area contributed by atoms with Crippen molar-refractivity contribution in [2.75, 3.05) is 19.6 Å². The number of nitrogens with one attached hydrogen (secondary N) is 2. The van der Waals surface area contributed by atoms with Crippen LogP contribution in [0.25, 0.3) is 11.0 Å². The number of aromatic amines is 1. The minimum absolute atomic E-state index is 0. The van der Waals surface area contributed by atoms with Gasteiger partial charge in [-0.05, 0) is 75.5 Å². The van der Waals surface area contributed by atoms with Crippen LogP contribution in [-0.2, 0) is 0 Å². The van der Waals surface area contributed by atoms with Crippen molar-refractivity contribution in [2.45, 2.75) is 44.7 Å². The lowest BCUT2D eigenvalue weighted by Crippen LogP contribution is -2.40. The van der Waals surface area contributed by atoms with E-state index in [-0.39, 0.29) is 59.7 Å². The second-order valence-electron chi connectivity index (χ2n) is 8.51. The highest BCUT2D eigenvalue weighted by Gasteiger charge is 2.35. The molecular formula is C23H28Cl2FN5O2. The number of aryl methyl sites for hydroxylation is 1. The Morgan fingerprint density at radius 2 is 1.91 bits per heavy atom. The first-order valence-electron chi connectivity index (χ1n) is 10.9. The number of hydrogen-bond acceptors (Lipinski definition) is 4. The average molecular weight is 496 g/mol. The molecule has 2 N–H and O–H groups in total. The second kappa shape index (κ2) is 10.2. The topological polar surface area (TPSA) is 83.0 Å². The van der Waals surface area contributed by atoms with Crippen LogP contribution >= 0.6 is 24.8 Å². The molecule has 0 aliphatic carbocycles. The Balaban J connectivity index is 0.00000153. The quantitative estimate of drug-likeness (QED) is 0.576. The smallest absolute Gasteiger partial charge is 0.263 e. The lowest BCUT2D eigenvalue weighted by atomic mass is 10.0. The molecule has 5 rings (SSSR count). The number of amides is 1. The Morgan fingerprint density at radius 3 is 2.67 bits per heavy atom. The van der Waals surface area contributed by atoms with E-state index in [1.807, 2.05) is 19.2 Å². The van der Waals surface area contributed by atoms with Gasteiger partial charge in [0.05, 0.1) is 17.1 Å². The van der Waals surface area contributed by atoms with Crippen LogP contribution in [0, 0.1) is 12.7 Å². The van der Waals surface area contributed by atoms with Gasteiger partial charge >= 0.3 is 0 Å². The number of carbonyl (C=O) groups excluding carboxylic acids is 1. The van der Waals surface area contributed by atoms with E-state index < -0.39 is 0 Å². The maximum absolute atomic E-state index is 13.6. The van der Waals surface area contributed by atoms with Crippen LogP contribution in [0.3, 0.4) is 0 Å². The Bertz CT molecular complexity index is 1210. The van der Waals surface area contributed by atoms with Gasteiger partial charge in [-0.25, -0.2) is 9.37 Å². The summed E-state index contributed by atoms with van der Waals surface area (Å²) < 4.78 is 15.3. The molecule has 2 saturated heterocycles. The van der Waals surface area contributed by atoms with E-state index in [4.69, 9.17) is 0 Å². The van der Waals surface area contributed by atoms with Crippen molar-refractivity contribution in [3.63, 3.8) is 0 Å². The monoisotopic (exact) mass is 495 g/mol. The Kier molecular flexibility index (Phi) is 7.82. The van der Waals surface area contributed by atoms with Gasteiger partial charge in [0, 0.05) is 18.8 Å². The van der Waals surface area contributed by atoms with E-state index in [0.717, 1.165) is 38.8 Å². The van der Waals surface area contributed by atoms with Crippen LogP contribution in [0.1, 0.15) is 59.5 Å². The fourth-order valence-electron chi connectivity index (χ4n) is 4.87. The van der Waals surface area contributed by atoms with Crippen molar-refractivity contribution in [3.05, 3.63) is 63.6 Å². The van der Waals surface area contributed by atoms with Crippen LogP contribution in [0.4, 0.5) is 4.39 Å². The third-order valence-corrected chi connectivity index (χ3v) is 6.54. The first-order valence-corrected chi connectivity index (χ1v) is 10.9. The van der Waals surface area contributed by atoms with Gasteiger partial charge in [-0.1, -0.05) is 0 Å². The zero-order valence-corrected chi connectivity index (χ0v) is 20.0. The minimum atomic E-state index is -0.333. The molecule has 3 aromatic rings. The zero-order chi connectivity index (χ0) is 21.5. The molecule has 0 saturated carbocycles. The van der Waals surface area contributed by atoms with Gasteiger partial charge in [-0.2, -0.15) is 0 Å². The maximum atomic E-state index is 13.6. The number of H-pyrrole nitrogens is 1. The van der Waals surface area contributed by atoms with Crippen LogP contribution in [0.15, 0.2) is 35.3 Å². The molecule has 1 aromatic carbocycles. The molecule has 2 fully saturated rings. The van der Waals surface area contributed by atoms with Crippen LogP contribution < -0.4 is 10.9 Å². The van der Waals surface area contributed by atoms with Crippen molar-refractivity contribution in [1.29, 1.82) is 0 Å². The van der Waals surface area contributed by atoms with Crippen molar-refractivity contribution < 1.29 is 9.18 Å². The second-order valence-corrected chi connectivity index (χ2v) is 8.51. The lowest BCUT2D eigenvalue weighted by Gasteiger charge is -2.27. The first kappa shape index (κ1) is 25.2. The highest BCUT2D eigenvalue weighted by Crippen LogP contribution is 2.33. The van der Waals surface area contributed by atoms with Gasteiger partial charge in [0.15, 0.2) is 0 Å². The molecular weight excluding hydrogens is 468 g/mol. The summed E-state index contributed by atoms with van der Waals surface area (Å²) in [4.78, 5) is 36.4. The fourth-order valence-corrected chi connectivity index (χ4v) is 4.87. The normalized spacial score (nSPS) is 18.7. The summed E-state index contributed by atoms with van der Waals surface area (Å²) >= 11 is 0. The predicted octanol–water partition coefficient (Wildman–Crippen LogP) is 3.92. The van der Waals surface area contributed by atoms with Crippen molar-refractivity contribution >= 4 is 41.8 Å². The predicted molar refractivity (Wildman–Crippen MR) is 130 cm³/mol. The number of nitrogens with zero attached hydrogens (tertiary/aromatic N) is 3. The number of imidazole rings is 1. The molecule has 1 unspecified atom stereocenters. The van der Waals surface area contributed by atoms with E-state index >= 15 is 0 Å². The van der Waals surface area contributed by atoms with Gasteiger partial charge in [0.25, 0.3) is 11.5 Å². The van der Waals surface area contributed by atoms with Crippen LogP contribution in [-0.4, -0.2) is 45.0 Å². The number of carbonyl (C=O) groups is 1. The molecule has 1 atom stereocenters. The highest BCUT2D eigenvalue weighted by molar-refractivity contribution is 5.95. The number of aromatic nitrogens is 3. The molecule has 0 radical (unpaired) electrons. The van der Waals surface area contributed by atoms with E-state index in [0.29, 0.717) is 29.0 Å². The standard InChI is InChI=1S/C23H26FN5O2.2ClH/c1-14-8-12-28(16-6-9-25-10-7-16)22(30)20(14)23(31)29-11-2-3-19(29)21-26-17-5-4-15(24)13-18(17)27-21;;/h4-5,8,12-13,16,19,25H,2-3,6-7,9-11H2,1H3,(H,26,27);2*1H. The van der Waals surface area contributed by atoms with Gasteiger partial charge in [-0.15, -0.1) is 24.8 Å². The molecule has 0 bridgehead atoms. The molecule has 2 aliphatic heterocycles. The summed E-state index contributed by atoms with van der Waals surface area (Å²) in [6, 6.07) is 6.14. The third-order valence-electron chi connectivity index (χ3n) is 6.54.